The van der Waals surface area contributed by atoms with Crippen LogP contribution in [0.25, 0.3) is 5.32 Å². The fraction of sp³-hybridized carbons (Fsp3) is 1.00. The molecule has 2 heteroatoms. The molecule has 0 bridgehead atoms. The summed E-state index contributed by atoms with van der Waals surface area (Å²) in [6.45, 7) is 10.8. The van der Waals surface area contributed by atoms with Crippen LogP contribution in [0.5, 0.6) is 0 Å². The van der Waals surface area contributed by atoms with Gasteiger partial charge in [-0.3, -0.25) is 0 Å². The Morgan fingerprint density at radius 2 is 1.20 bits per heavy atom. The molecular weight excluding hydrogens is 149 g/mol. The third kappa shape index (κ3) is 12.3. The molecule has 10 heavy (non-hydrogen) atoms. The fourth-order valence-corrected chi connectivity index (χ4v) is 0.591. The Hall–Kier alpha value is 1.60. The first kappa shape index (κ1) is 14.1. The molecule has 0 aliphatic heterocycles. The van der Waals surface area contributed by atoms with Gasteiger partial charge in [0.2, 0.25) is 0 Å². The molecule has 0 aliphatic rings. The minimum absolute atomic E-state index is 0. The van der Waals surface area contributed by atoms with Crippen LogP contribution in [0.4, 0.5) is 0 Å². The summed E-state index contributed by atoms with van der Waals surface area (Å²) >= 11 is 0. The molecule has 0 atom stereocenters. The second-order valence-corrected chi connectivity index (χ2v) is 3.38. The van der Waals surface area contributed by atoms with Crippen molar-refractivity contribution in [1.82, 2.24) is 0 Å². The molecule has 0 N–H and O–H groups in total. The van der Waals surface area contributed by atoms with Gasteiger partial charge in [-0.1, -0.05) is 39.5 Å². The van der Waals surface area contributed by atoms with E-state index in [0.29, 0.717) is 0 Å². The molecule has 0 heterocycles. The molecule has 0 radical (unpaired) electrons. The van der Waals surface area contributed by atoms with Crippen molar-refractivity contribution in [3.63, 3.8) is 0 Å². The first-order chi connectivity index (χ1) is 4.13. The van der Waals surface area contributed by atoms with Gasteiger partial charge in [-0.25, -0.2) is 0 Å². The topological polar surface area (TPSA) is 14.1 Å². The Bertz CT molecular complexity index is 54.3. The Balaban J connectivity index is 0. The van der Waals surface area contributed by atoms with E-state index in [-0.39, 0.29) is 51.4 Å². The van der Waals surface area contributed by atoms with Crippen LogP contribution in [-0.2, 0) is 0 Å². The van der Waals surface area contributed by atoms with E-state index >= 15 is 0 Å². The zero-order chi connectivity index (χ0) is 7.28. The van der Waals surface area contributed by atoms with E-state index in [4.69, 9.17) is 0 Å². The molecule has 0 saturated heterocycles. The van der Waals surface area contributed by atoms with Crippen molar-refractivity contribution in [3.8, 4) is 0 Å². The largest absolute Gasteiger partial charge is 1.00 e. The summed E-state index contributed by atoms with van der Waals surface area (Å²) in [6, 6.07) is 0. The summed E-state index contributed by atoms with van der Waals surface area (Å²) in [4.78, 5) is 0. The van der Waals surface area contributed by atoms with E-state index in [1.807, 2.05) is 0 Å². The molecule has 0 aromatic carbocycles. The van der Waals surface area contributed by atoms with Gasteiger partial charge in [0.15, 0.2) is 0 Å². The summed E-state index contributed by atoms with van der Waals surface area (Å²) < 4.78 is 0. The molecule has 1 nitrogen and oxygen atoms in total. The van der Waals surface area contributed by atoms with Gasteiger partial charge in [-0.2, -0.15) is 0 Å². The van der Waals surface area contributed by atoms with Crippen molar-refractivity contribution < 1.29 is 51.4 Å². The molecule has 0 aliphatic carbocycles. The van der Waals surface area contributed by atoms with Crippen molar-refractivity contribution in [3.05, 3.63) is 5.32 Å². The van der Waals surface area contributed by atoms with Gasteiger partial charge >= 0.3 is 51.4 Å². The van der Waals surface area contributed by atoms with Crippen LogP contribution in [0.15, 0.2) is 0 Å². The minimum atomic E-state index is 0. The predicted octanol–water partition coefficient (Wildman–Crippen LogP) is -0.324. The van der Waals surface area contributed by atoms with E-state index in [0.717, 1.165) is 24.9 Å². The Morgan fingerprint density at radius 3 is 1.40 bits per heavy atom. The van der Waals surface area contributed by atoms with E-state index < -0.39 is 0 Å². The maximum atomic E-state index is 4.37. The minimum Gasteiger partial charge on any atom is -0.662 e. The van der Waals surface area contributed by atoms with Crippen LogP contribution in [0, 0.1) is 11.8 Å². The number of hydrogen-bond acceptors (Lipinski definition) is 0. The van der Waals surface area contributed by atoms with Crippen molar-refractivity contribution >= 4 is 0 Å². The Labute approximate surface area is 108 Å². The molecule has 0 unspecified atom stereocenters. The number of hydrogen-bond donors (Lipinski definition) is 0. The average Bonchev–Trinajstić information content (AvgIpc) is 1.63. The molecule has 0 aromatic rings. The van der Waals surface area contributed by atoms with E-state index in [9.17, 15) is 0 Å². The molecule has 0 amide bonds. The first-order valence-electron chi connectivity index (χ1n) is 3.76. The molecule has 56 valence electrons. The average molecular weight is 167 g/mol. The third-order valence-corrected chi connectivity index (χ3v) is 0.988. The Kier molecular flexibility index (Phi) is 12.3. The van der Waals surface area contributed by atoms with Crippen LogP contribution in [0.1, 0.15) is 27.7 Å². The van der Waals surface area contributed by atoms with Gasteiger partial charge in [-0.05, 0) is 0 Å². The third-order valence-electron chi connectivity index (χ3n) is 0.988. The zero-order valence-corrected chi connectivity index (χ0v) is 11.1. The smallest absolute Gasteiger partial charge is 0.662 e. The summed E-state index contributed by atoms with van der Waals surface area (Å²) in [5.41, 5.74) is 0. The molecule has 0 fully saturated rings. The predicted molar refractivity (Wildman–Crippen MR) is 42.8 cm³/mol. The van der Waals surface area contributed by atoms with Gasteiger partial charge in [0, 0.05) is 0 Å². The van der Waals surface area contributed by atoms with Crippen LogP contribution in [-0.4, -0.2) is 13.1 Å². The van der Waals surface area contributed by atoms with Crippen LogP contribution in [0.2, 0.25) is 0 Å². The normalized spacial score (nSPS) is 10.2. The fourth-order valence-electron chi connectivity index (χ4n) is 0.591. The van der Waals surface area contributed by atoms with E-state index in [1.165, 1.54) is 0 Å². The van der Waals surface area contributed by atoms with Crippen LogP contribution in [0.3, 0.4) is 0 Å². The quantitative estimate of drug-likeness (QED) is 0.509. The zero-order valence-electron chi connectivity index (χ0n) is 8.02. The van der Waals surface area contributed by atoms with Gasteiger partial charge in [-0.15, -0.1) is 13.1 Å². The Morgan fingerprint density at radius 1 is 0.900 bits per heavy atom. The van der Waals surface area contributed by atoms with Gasteiger partial charge in [0.1, 0.15) is 0 Å². The summed E-state index contributed by atoms with van der Waals surface area (Å²) in [5.74, 6) is 1.45. The van der Waals surface area contributed by atoms with Crippen molar-refractivity contribution in [2.75, 3.05) is 13.1 Å². The number of rotatable bonds is 4. The SMILES string of the molecule is CC(C)C[N-]CC(C)C.[K+]. The number of nitrogens with zero attached hydrogens (tertiary/aromatic N) is 1. The van der Waals surface area contributed by atoms with Crippen molar-refractivity contribution in [2.24, 2.45) is 11.8 Å². The standard InChI is InChI=1S/C8H18N.K/c1-7(2)5-9-6-8(3)4;/h7-8H,5-6H2,1-4H3;/q-1;+1. The molecule has 0 saturated carbocycles. The van der Waals surface area contributed by atoms with Gasteiger partial charge < -0.3 is 5.32 Å². The van der Waals surface area contributed by atoms with Gasteiger partial charge in [0.25, 0.3) is 0 Å². The summed E-state index contributed by atoms with van der Waals surface area (Å²) in [5, 5.41) is 4.37. The monoisotopic (exact) mass is 167 g/mol. The van der Waals surface area contributed by atoms with Gasteiger partial charge in [0.05, 0.1) is 0 Å². The summed E-state index contributed by atoms with van der Waals surface area (Å²) in [7, 11) is 0. The van der Waals surface area contributed by atoms with Crippen LogP contribution < -0.4 is 51.4 Å². The maximum absolute atomic E-state index is 4.37. The molecular formula is C8H18KN. The molecule has 0 spiro atoms. The van der Waals surface area contributed by atoms with Crippen LogP contribution >= 0.6 is 0 Å². The summed E-state index contributed by atoms with van der Waals surface area (Å²) in [6.07, 6.45) is 0. The van der Waals surface area contributed by atoms with E-state index in [2.05, 4.69) is 33.0 Å². The maximum Gasteiger partial charge on any atom is 1.00 e. The van der Waals surface area contributed by atoms with E-state index in [1.54, 1.807) is 0 Å². The van der Waals surface area contributed by atoms with Crippen molar-refractivity contribution in [2.45, 2.75) is 27.7 Å². The van der Waals surface area contributed by atoms with Crippen molar-refractivity contribution in [1.29, 1.82) is 0 Å². The molecule has 0 rings (SSSR count). The second-order valence-electron chi connectivity index (χ2n) is 3.38. The first-order valence-corrected chi connectivity index (χ1v) is 3.76. The molecule has 0 aromatic heterocycles. The second kappa shape index (κ2) is 8.69.